The lowest BCUT2D eigenvalue weighted by Crippen LogP contribution is -2.51. The maximum Gasteiger partial charge on any atom is 0.263 e. The minimum atomic E-state index is -1.08. The van der Waals surface area contributed by atoms with Crippen molar-refractivity contribution in [2.24, 2.45) is 0 Å². The van der Waals surface area contributed by atoms with Gasteiger partial charge in [-0.2, -0.15) is 0 Å². The molecule has 1 aliphatic rings. The lowest BCUT2D eigenvalue weighted by molar-refractivity contribution is 0.0534. The number of hydrogen-bond acceptors (Lipinski definition) is 3. The molecule has 0 aliphatic carbocycles. The Morgan fingerprint density at radius 2 is 1.55 bits per heavy atom. The summed E-state index contributed by atoms with van der Waals surface area (Å²) < 4.78 is 28.1. The number of carbonyl (C=O) groups is 2. The van der Waals surface area contributed by atoms with E-state index in [1.807, 2.05) is 31.2 Å². The fourth-order valence-electron chi connectivity index (χ4n) is 3.93. The molecule has 1 aromatic heterocycles. The van der Waals surface area contributed by atoms with Gasteiger partial charge in [-0.1, -0.05) is 29.8 Å². The molecule has 3 aromatic rings. The zero-order chi connectivity index (χ0) is 23.5. The molecular formula is C25H23F2N3O3. The topological polar surface area (TPSA) is 62.6 Å². The van der Waals surface area contributed by atoms with Gasteiger partial charge in [-0.05, 0) is 42.8 Å². The fourth-order valence-corrected chi connectivity index (χ4v) is 3.93. The molecule has 0 radical (unpaired) electrons. The standard InChI is InChI=1S/C25H23F2N3O3/c1-17-4-2-5-18(14-17)16-30-9-3-6-20(25(30)33)24(32)29-12-10-28(11-13-29)23(31)19-7-8-21(26)22(27)15-19/h2-9,14-15H,10-13,16H2,1H3. The van der Waals surface area contributed by atoms with Crippen molar-refractivity contribution in [1.82, 2.24) is 14.4 Å². The molecule has 8 heteroatoms. The lowest BCUT2D eigenvalue weighted by atomic mass is 10.1. The zero-order valence-corrected chi connectivity index (χ0v) is 18.1. The number of pyridine rings is 1. The molecule has 170 valence electrons. The number of nitrogens with zero attached hydrogens (tertiary/aromatic N) is 3. The molecule has 0 saturated carbocycles. The zero-order valence-electron chi connectivity index (χ0n) is 18.1. The number of aryl methyl sites for hydroxylation is 1. The van der Waals surface area contributed by atoms with Gasteiger partial charge in [0.25, 0.3) is 17.4 Å². The normalized spacial score (nSPS) is 13.8. The smallest absolute Gasteiger partial charge is 0.263 e. The van der Waals surface area contributed by atoms with Crippen molar-refractivity contribution < 1.29 is 18.4 Å². The van der Waals surface area contributed by atoms with Crippen LogP contribution in [0.15, 0.2) is 65.6 Å². The summed E-state index contributed by atoms with van der Waals surface area (Å²) >= 11 is 0. The van der Waals surface area contributed by atoms with Crippen molar-refractivity contribution in [2.75, 3.05) is 26.2 Å². The van der Waals surface area contributed by atoms with E-state index in [-0.39, 0.29) is 42.9 Å². The van der Waals surface area contributed by atoms with E-state index in [2.05, 4.69) is 0 Å². The summed E-state index contributed by atoms with van der Waals surface area (Å²) in [4.78, 5) is 41.6. The number of rotatable bonds is 4. The Morgan fingerprint density at radius 3 is 2.21 bits per heavy atom. The summed E-state index contributed by atoms with van der Waals surface area (Å²) in [7, 11) is 0. The van der Waals surface area contributed by atoms with Crippen LogP contribution in [0.4, 0.5) is 8.78 Å². The Labute approximate surface area is 189 Å². The minimum Gasteiger partial charge on any atom is -0.335 e. The van der Waals surface area contributed by atoms with Gasteiger partial charge in [0, 0.05) is 37.9 Å². The Morgan fingerprint density at radius 1 is 0.848 bits per heavy atom. The minimum absolute atomic E-state index is 0.0516. The highest BCUT2D eigenvalue weighted by Crippen LogP contribution is 2.14. The number of halogens is 2. The van der Waals surface area contributed by atoms with E-state index in [0.717, 1.165) is 23.3 Å². The average molecular weight is 451 g/mol. The van der Waals surface area contributed by atoms with Crippen LogP contribution in [0.25, 0.3) is 0 Å². The maximum atomic E-state index is 13.5. The third-order valence-electron chi connectivity index (χ3n) is 5.71. The fraction of sp³-hybridized carbons (Fsp3) is 0.240. The Hall–Kier alpha value is -3.81. The van der Waals surface area contributed by atoms with Crippen LogP contribution in [0.5, 0.6) is 0 Å². The predicted molar refractivity (Wildman–Crippen MR) is 119 cm³/mol. The predicted octanol–water partition coefficient (Wildman–Crippen LogP) is 3.08. The molecule has 6 nitrogen and oxygen atoms in total. The van der Waals surface area contributed by atoms with Crippen LogP contribution < -0.4 is 5.56 Å². The highest BCUT2D eigenvalue weighted by molar-refractivity contribution is 5.95. The molecule has 0 unspecified atom stereocenters. The van der Waals surface area contributed by atoms with E-state index in [9.17, 15) is 23.2 Å². The van der Waals surface area contributed by atoms with Crippen LogP contribution >= 0.6 is 0 Å². The Balaban J connectivity index is 1.44. The van der Waals surface area contributed by atoms with Gasteiger partial charge in [0.05, 0.1) is 6.54 Å². The van der Waals surface area contributed by atoms with Crippen molar-refractivity contribution in [3.63, 3.8) is 0 Å². The number of piperazine rings is 1. The van der Waals surface area contributed by atoms with Gasteiger partial charge in [-0.3, -0.25) is 14.4 Å². The van der Waals surface area contributed by atoms with Crippen LogP contribution in [-0.4, -0.2) is 52.4 Å². The monoisotopic (exact) mass is 451 g/mol. The van der Waals surface area contributed by atoms with Gasteiger partial charge in [0.1, 0.15) is 5.56 Å². The average Bonchev–Trinajstić information content (AvgIpc) is 2.81. The highest BCUT2D eigenvalue weighted by atomic mass is 19.2. The van der Waals surface area contributed by atoms with Crippen molar-refractivity contribution in [3.05, 3.63) is 105 Å². The van der Waals surface area contributed by atoms with Crippen molar-refractivity contribution in [3.8, 4) is 0 Å². The van der Waals surface area contributed by atoms with Gasteiger partial charge in [-0.25, -0.2) is 8.78 Å². The van der Waals surface area contributed by atoms with Gasteiger partial charge < -0.3 is 14.4 Å². The molecule has 0 atom stereocenters. The van der Waals surface area contributed by atoms with E-state index < -0.39 is 23.4 Å². The Bertz CT molecular complexity index is 1260. The summed E-state index contributed by atoms with van der Waals surface area (Å²) in [5.74, 6) is -2.92. The number of benzene rings is 2. The van der Waals surface area contributed by atoms with E-state index in [0.29, 0.717) is 6.54 Å². The maximum absolute atomic E-state index is 13.5. The molecule has 4 rings (SSSR count). The van der Waals surface area contributed by atoms with Gasteiger partial charge in [0.15, 0.2) is 11.6 Å². The molecule has 2 heterocycles. The first-order chi connectivity index (χ1) is 15.8. The molecule has 1 fully saturated rings. The third-order valence-corrected chi connectivity index (χ3v) is 5.71. The first-order valence-electron chi connectivity index (χ1n) is 10.6. The van der Waals surface area contributed by atoms with Gasteiger partial charge in [-0.15, -0.1) is 0 Å². The quantitative estimate of drug-likeness (QED) is 0.613. The van der Waals surface area contributed by atoms with Crippen molar-refractivity contribution in [1.29, 1.82) is 0 Å². The first kappa shape index (κ1) is 22.4. The van der Waals surface area contributed by atoms with E-state index >= 15 is 0 Å². The molecule has 33 heavy (non-hydrogen) atoms. The first-order valence-corrected chi connectivity index (χ1v) is 10.6. The van der Waals surface area contributed by atoms with Crippen LogP contribution in [0.2, 0.25) is 0 Å². The molecular weight excluding hydrogens is 428 g/mol. The van der Waals surface area contributed by atoms with Crippen molar-refractivity contribution in [2.45, 2.75) is 13.5 Å². The largest absolute Gasteiger partial charge is 0.335 e. The number of aromatic nitrogens is 1. The van der Waals surface area contributed by atoms with Crippen LogP contribution in [0.3, 0.4) is 0 Å². The summed E-state index contributed by atoms with van der Waals surface area (Å²) in [5, 5.41) is 0. The Kier molecular flexibility index (Phi) is 6.35. The molecule has 1 saturated heterocycles. The molecule has 2 amide bonds. The molecule has 0 spiro atoms. The molecule has 0 bridgehead atoms. The third kappa shape index (κ3) is 4.84. The van der Waals surface area contributed by atoms with Gasteiger partial charge >= 0.3 is 0 Å². The molecule has 2 aromatic carbocycles. The van der Waals surface area contributed by atoms with E-state index in [4.69, 9.17) is 0 Å². The van der Waals surface area contributed by atoms with Crippen molar-refractivity contribution >= 4 is 11.8 Å². The van der Waals surface area contributed by atoms with Crippen LogP contribution in [0, 0.1) is 18.6 Å². The second-order valence-corrected chi connectivity index (χ2v) is 8.06. The van der Waals surface area contributed by atoms with Crippen LogP contribution in [-0.2, 0) is 6.54 Å². The highest BCUT2D eigenvalue weighted by Gasteiger charge is 2.27. The second-order valence-electron chi connectivity index (χ2n) is 8.06. The summed E-state index contributed by atoms with van der Waals surface area (Å²) in [5.41, 5.74) is 1.81. The molecule has 0 N–H and O–H groups in total. The second kappa shape index (κ2) is 9.36. The SMILES string of the molecule is Cc1cccc(Cn2cccc(C(=O)N3CCN(C(=O)c4ccc(F)c(F)c4)CC3)c2=O)c1. The summed E-state index contributed by atoms with van der Waals surface area (Å²) in [6, 6.07) is 14.0. The summed E-state index contributed by atoms with van der Waals surface area (Å²) in [6.07, 6.45) is 1.65. The van der Waals surface area contributed by atoms with E-state index in [1.54, 1.807) is 12.3 Å². The molecule has 1 aliphatic heterocycles. The van der Waals surface area contributed by atoms with E-state index in [1.165, 1.54) is 26.5 Å². The van der Waals surface area contributed by atoms with Gasteiger partial charge in [0.2, 0.25) is 0 Å². The lowest BCUT2D eigenvalue weighted by Gasteiger charge is -2.34. The summed E-state index contributed by atoms with van der Waals surface area (Å²) in [6.45, 7) is 3.27. The van der Waals surface area contributed by atoms with Crippen LogP contribution in [0.1, 0.15) is 31.8 Å². The number of carbonyl (C=O) groups excluding carboxylic acids is 2. The number of hydrogen-bond donors (Lipinski definition) is 0. The number of amides is 2.